The molecule has 1 aromatic rings. The van der Waals surface area contributed by atoms with E-state index < -0.39 is 6.10 Å². The van der Waals surface area contributed by atoms with Gasteiger partial charge in [-0.3, -0.25) is 0 Å². The molecule has 0 amide bonds. The minimum Gasteiger partial charge on any atom is -0.387 e. The molecule has 0 spiro atoms. The van der Waals surface area contributed by atoms with Crippen LogP contribution in [0.4, 0.5) is 0 Å². The fourth-order valence-corrected chi connectivity index (χ4v) is 1.88. The van der Waals surface area contributed by atoms with Gasteiger partial charge in [-0.15, -0.1) is 0 Å². The second-order valence-corrected chi connectivity index (χ2v) is 4.18. The van der Waals surface area contributed by atoms with Crippen molar-refractivity contribution in [1.29, 1.82) is 0 Å². The molecule has 2 atom stereocenters. The van der Waals surface area contributed by atoms with Gasteiger partial charge in [0.1, 0.15) is 0 Å². The molecule has 0 aromatic heterocycles. The molecule has 13 heavy (non-hydrogen) atoms. The van der Waals surface area contributed by atoms with Crippen molar-refractivity contribution in [2.75, 3.05) is 0 Å². The van der Waals surface area contributed by atoms with Gasteiger partial charge >= 0.3 is 0 Å². The first-order valence-corrected chi connectivity index (χ1v) is 5.01. The van der Waals surface area contributed by atoms with Crippen LogP contribution in [0.15, 0.2) is 22.7 Å². The maximum atomic E-state index is 9.71. The zero-order valence-corrected chi connectivity index (χ0v) is 9.38. The number of hydrogen-bond donors (Lipinski definition) is 2. The molecular weight excluding hydrogens is 230 g/mol. The smallest absolute Gasteiger partial charge is 0.0949 e. The topological polar surface area (TPSA) is 46.2 Å². The minimum atomic E-state index is -0.602. The maximum absolute atomic E-state index is 9.71. The molecule has 0 saturated carbocycles. The number of hydrogen-bond acceptors (Lipinski definition) is 2. The number of benzene rings is 1. The number of aliphatic hydroxyl groups excluding tert-OH is 1. The summed E-state index contributed by atoms with van der Waals surface area (Å²) in [5.74, 6) is 0. The third kappa shape index (κ3) is 2.53. The number of aliphatic hydroxyl groups is 1. The van der Waals surface area contributed by atoms with Crippen LogP contribution in [0.2, 0.25) is 0 Å². The van der Waals surface area contributed by atoms with Crippen LogP contribution in [0, 0.1) is 6.92 Å². The number of aryl methyl sites for hydroxylation is 1. The molecule has 1 aromatic carbocycles. The predicted octanol–water partition coefficient (Wildman–Crippen LogP) is 2.14. The molecule has 72 valence electrons. The van der Waals surface area contributed by atoms with Gasteiger partial charge in [0.15, 0.2) is 0 Å². The summed E-state index contributed by atoms with van der Waals surface area (Å²) in [5, 5.41) is 9.71. The van der Waals surface area contributed by atoms with Crippen molar-refractivity contribution in [1.82, 2.24) is 0 Å². The van der Waals surface area contributed by atoms with Crippen LogP contribution in [0.1, 0.15) is 24.2 Å². The first-order valence-electron chi connectivity index (χ1n) is 4.22. The lowest BCUT2D eigenvalue weighted by Crippen LogP contribution is -2.24. The van der Waals surface area contributed by atoms with Crippen LogP contribution in [-0.4, -0.2) is 11.1 Å². The van der Waals surface area contributed by atoms with Crippen LogP contribution < -0.4 is 5.73 Å². The molecule has 3 N–H and O–H groups in total. The molecule has 0 aliphatic carbocycles. The number of halogens is 1. The summed E-state index contributed by atoms with van der Waals surface area (Å²) in [6.07, 6.45) is -0.602. The van der Waals surface area contributed by atoms with Gasteiger partial charge in [0.2, 0.25) is 0 Å². The monoisotopic (exact) mass is 243 g/mol. The summed E-state index contributed by atoms with van der Waals surface area (Å²) >= 11 is 3.40. The first-order chi connectivity index (χ1) is 6.02. The van der Waals surface area contributed by atoms with Gasteiger partial charge in [0, 0.05) is 10.5 Å². The van der Waals surface area contributed by atoms with E-state index >= 15 is 0 Å². The van der Waals surface area contributed by atoms with Crippen molar-refractivity contribution in [3.8, 4) is 0 Å². The van der Waals surface area contributed by atoms with Crippen molar-refractivity contribution in [2.24, 2.45) is 5.73 Å². The van der Waals surface area contributed by atoms with Crippen LogP contribution >= 0.6 is 15.9 Å². The molecule has 0 heterocycles. The number of rotatable bonds is 2. The lowest BCUT2D eigenvalue weighted by Gasteiger charge is -2.16. The molecule has 0 fully saturated rings. The maximum Gasteiger partial charge on any atom is 0.0949 e. The molecule has 1 rings (SSSR count). The van der Waals surface area contributed by atoms with Crippen molar-refractivity contribution < 1.29 is 5.11 Å². The van der Waals surface area contributed by atoms with E-state index in [2.05, 4.69) is 15.9 Å². The largest absolute Gasteiger partial charge is 0.387 e. The van der Waals surface area contributed by atoms with Crippen LogP contribution in [0.3, 0.4) is 0 Å². The summed E-state index contributed by atoms with van der Waals surface area (Å²) in [6, 6.07) is 5.58. The normalized spacial score (nSPS) is 15.5. The van der Waals surface area contributed by atoms with Crippen molar-refractivity contribution in [3.63, 3.8) is 0 Å². The molecule has 2 nitrogen and oxygen atoms in total. The lowest BCUT2D eigenvalue weighted by atomic mass is 10.0. The first kappa shape index (κ1) is 10.7. The van der Waals surface area contributed by atoms with Gasteiger partial charge in [0.05, 0.1) is 6.10 Å². The van der Waals surface area contributed by atoms with E-state index in [4.69, 9.17) is 5.73 Å². The minimum absolute atomic E-state index is 0.251. The Labute approximate surface area is 86.9 Å². The van der Waals surface area contributed by atoms with Gasteiger partial charge in [-0.25, -0.2) is 0 Å². The molecule has 0 aliphatic heterocycles. The molecule has 2 unspecified atom stereocenters. The van der Waals surface area contributed by atoms with Gasteiger partial charge in [0.25, 0.3) is 0 Å². The Balaban J connectivity index is 3.01. The highest BCUT2D eigenvalue weighted by atomic mass is 79.9. The van der Waals surface area contributed by atoms with Gasteiger partial charge in [-0.1, -0.05) is 28.1 Å². The van der Waals surface area contributed by atoms with E-state index in [0.717, 1.165) is 15.6 Å². The highest BCUT2D eigenvalue weighted by Crippen LogP contribution is 2.25. The van der Waals surface area contributed by atoms with Crippen LogP contribution in [-0.2, 0) is 0 Å². The SMILES string of the molecule is Cc1ccc(C(O)C(C)N)c(Br)c1. The Bertz CT molecular complexity index is 299. The third-order valence-electron chi connectivity index (χ3n) is 1.97. The van der Waals surface area contributed by atoms with E-state index in [1.54, 1.807) is 6.92 Å². The summed E-state index contributed by atoms with van der Waals surface area (Å²) in [7, 11) is 0. The Kier molecular flexibility index (Phi) is 3.47. The second kappa shape index (κ2) is 4.22. The Hall–Kier alpha value is -0.380. The Morgan fingerprint density at radius 2 is 2.08 bits per heavy atom. The van der Waals surface area contributed by atoms with E-state index in [-0.39, 0.29) is 6.04 Å². The average Bonchev–Trinajstić information content (AvgIpc) is 2.03. The van der Waals surface area contributed by atoms with E-state index in [9.17, 15) is 5.11 Å². The summed E-state index contributed by atoms with van der Waals surface area (Å²) < 4.78 is 0.914. The highest BCUT2D eigenvalue weighted by Gasteiger charge is 2.14. The van der Waals surface area contributed by atoms with Crippen molar-refractivity contribution >= 4 is 15.9 Å². The van der Waals surface area contributed by atoms with Gasteiger partial charge in [-0.05, 0) is 31.0 Å². The quantitative estimate of drug-likeness (QED) is 0.837. The molecule has 0 saturated heterocycles. The lowest BCUT2D eigenvalue weighted by molar-refractivity contribution is 0.152. The van der Waals surface area contributed by atoms with E-state index in [1.807, 2.05) is 25.1 Å². The summed E-state index contributed by atoms with van der Waals surface area (Å²) in [6.45, 7) is 3.80. The summed E-state index contributed by atoms with van der Waals surface area (Å²) in [4.78, 5) is 0. The molecule has 0 radical (unpaired) electrons. The van der Waals surface area contributed by atoms with E-state index in [1.165, 1.54) is 0 Å². The fraction of sp³-hybridized carbons (Fsp3) is 0.400. The fourth-order valence-electron chi connectivity index (χ4n) is 1.16. The standard InChI is InChI=1S/C10H14BrNO/c1-6-3-4-8(9(11)5-6)10(13)7(2)12/h3-5,7,10,13H,12H2,1-2H3. The van der Waals surface area contributed by atoms with Crippen LogP contribution in [0.5, 0.6) is 0 Å². The zero-order chi connectivity index (χ0) is 10.0. The Morgan fingerprint density at radius 3 is 2.54 bits per heavy atom. The predicted molar refractivity (Wildman–Crippen MR) is 57.5 cm³/mol. The number of nitrogens with two attached hydrogens (primary N) is 1. The molecule has 0 aliphatic rings. The molecule has 0 bridgehead atoms. The van der Waals surface area contributed by atoms with Crippen LogP contribution in [0.25, 0.3) is 0 Å². The van der Waals surface area contributed by atoms with Crippen molar-refractivity contribution in [2.45, 2.75) is 26.0 Å². The molecule has 3 heteroatoms. The van der Waals surface area contributed by atoms with Gasteiger partial charge < -0.3 is 10.8 Å². The third-order valence-corrected chi connectivity index (χ3v) is 2.66. The van der Waals surface area contributed by atoms with Gasteiger partial charge in [-0.2, -0.15) is 0 Å². The Morgan fingerprint density at radius 1 is 1.46 bits per heavy atom. The average molecular weight is 244 g/mol. The highest BCUT2D eigenvalue weighted by molar-refractivity contribution is 9.10. The van der Waals surface area contributed by atoms with Crippen molar-refractivity contribution in [3.05, 3.63) is 33.8 Å². The van der Waals surface area contributed by atoms with E-state index in [0.29, 0.717) is 0 Å². The second-order valence-electron chi connectivity index (χ2n) is 3.33. The zero-order valence-electron chi connectivity index (χ0n) is 7.79. The molecular formula is C10H14BrNO. The summed E-state index contributed by atoms with van der Waals surface area (Å²) in [5.41, 5.74) is 7.61.